The first-order valence-electron chi connectivity index (χ1n) is 10.5. The number of amides is 2. The van der Waals surface area contributed by atoms with Gasteiger partial charge in [-0.25, -0.2) is 8.42 Å². The van der Waals surface area contributed by atoms with Gasteiger partial charge in [-0.05, 0) is 42.7 Å². The van der Waals surface area contributed by atoms with Crippen molar-refractivity contribution in [3.8, 4) is 0 Å². The normalized spacial score (nSPS) is 12.4. The second kappa shape index (κ2) is 12.2. The van der Waals surface area contributed by atoms with Crippen LogP contribution in [0.15, 0.2) is 46.9 Å². The maximum absolute atomic E-state index is 13.5. The minimum atomic E-state index is -3.90. The van der Waals surface area contributed by atoms with Crippen molar-refractivity contribution in [1.29, 1.82) is 0 Å². The van der Waals surface area contributed by atoms with Gasteiger partial charge in [0.25, 0.3) is 0 Å². The molecule has 1 N–H and O–H groups in total. The van der Waals surface area contributed by atoms with E-state index in [1.54, 1.807) is 13.0 Å². The highest BCUT2D eigenvalue weighted by molar-refractivity contribution is 9.10. The molecule has 2 aromatic carbocycles. The van der Waals surface area contributed by atoms with Crippen molar-refractivity contribution in [1.82, 2.24) is 10.2 Å². The molecule has 0 heterocycles. The Hall–Kier alpha value is -1.81. The van der Waals surface area contributed by atoms with E-state index in [2.05, 4.69) is 21.2 Å². The number of halogens is 3. The Morgan fingerprint density at radius 2 is 1.74 bits per heavy atom. The van der Waals surface area contributed by atoms with Crippen LogP contribution in [0.4, 0.5) is 5.69 Å². The summed E-state index contributed by atoms with van der Waals surface area (Å²) in [5.41, 5.74) is 0.863. The molecule has 0 saturated heterocycles. The van der Waals surface area contributed by atoms with Gasteiger partial charge in [0.05, 0.1) is 22.0 Å². The number of hydrogen-bond donors (Lipinski definition) is 1. The molecule has 7 nitrogen and oxygen atoms in total. The molecule has 0 unspecified atom stereocenters. The molecule has 2 rings (SSSR count). The molecule has 0 aliphatic carbocycles. The quantitative estimate of drug-likeness (QED) is 0.433. The zero-order valence-corrected chi connectivity index (χ0v) is 23.3. The van der Waals surface area contributed by atoms with Crippen LogP contribution >= 0.6 is 39.1 Å². The van der Waals surface area contributed by atoms with Gasteiger partial charge in [0, 0.05) is 17.6 Å². The summed E-state index contributed by atoms with van der Waals surface area (Å²) in [7, 11) is -3.90. The van der Waals surface area contributed by atoms with E-state index < -0.39 is 28.5 Å². The van der Waals surface area contributed by atoms with E-state index in [1.165, 1.54) is 17.0 Å². The molecule has 2 amide bonds. The van der Waals surface area contributed by atoms with Gasteiger partial charge in [-0.15, -0.1) is 0 Å². The van der Waals surface area contributed by atoms with Crippen LogP contribution in [0.3, 0.4) is 0 Å². The summed E-state index contributed by atoms with van der Waals surface area (Å²) < 4.78 is 26.9. The first kappa shape index (κ1) is 28.4. The van der Waals surface area contributed by atoms with Crippen LogP contribution in [0.2, 0.25) is 10.0 Å². The largest absolute Gasteiger partial charge is 0.354 e. The lowest BCUT2D eigenvalue weighted by Crippen LogP contribution is -2.51. The van der Waals surface area contributed by atoms with E-state index >= 15 is 0 Å². The number of hydrogen-bond acceptors (Lipinski definition) is 4. The fourth-order valence-electron chi connectivity index (χ4n) is 3.15. The third kappa shape index (κ3) is 7.86. The molecular formula is C23H28BrCl2N3O4S. The monoisotopic (exact) mass is 591 g/mol. The van der Waals surface area contributed by atoms with Crippen molar-refractivity contribution in [2.75, 3.05) is 23.7 Å². The Kier molecular flexibility index (Phi) is 10.2. The maximum atomic E-state index is 13.5. The lowest BCUT2D eigenvalue weighted by molar-refractivity contribution is -0.139. The zero-order chi connectivity index (χ0) is 25.6. The zero-order valence-electron chi connectivity index (χ0n) is 19.4. The van der Waals surface area contributed by atoms with Crippen LogP contribution in [0, 0.1) is 5.92 Å². The van der Waals surface area contributed by atoms with Crippen molar-refractivity contribution >= 4 is 66.7 Å². The van der Waals surface area contributed by atoms with E-state index in [-0.39, 0.29) is 34.1 Å². The minimum Gasteiger partial charge on any atom is -0.354 e. The average Bonchev–Trinajstić information content (AvgIpc) is 2.75. The molecule has 1 atom stereocenters. The summed E-state index contributed by atoms with van der Waals surface area (Å²) in [5, 5.41) is 3.01. The summed E-state index contributed by atoms with van der Waals surface area (Å²) in [5.74, 6) is -0.659. The van der Waals surface area contributed by atoms with Crippen molar-refractivity contribution in [3.05, 3.63) is 62.5 Å². The third-order valence-electron chi connectivity index (χ3n) is 4.97. The first-order valence-corrected chi connectivity index (χ1v) is 13.9. The Bertz CT molecular complexity index is 1140. The number of sulfonamides is 1. The summed E-state index contributed by atoms with van der Waals surface area (Å²) in [6.07, 6.45) is 0.981. The number of carbonyl (C=O) groups is 2. The maximum Gasteiger partial charge on any atom is 0.244 e. The van der Waals surface area contributed by atoms with Crippen LogP contribution < -0.4 is 9.62 Å². The van der Waals surface area contributed by atoms with Crippen molar-refractivity contribution in [2.24, 2.45) is 5.92 Å². The van der Waals surface area contributed by atoms with Crippen molar-refractivity contribution in [3.63, 3.8) is 0 Å². The van der Waals surface area contributed by atoms with Crippen LogP contribution in [0.1, 0.15) is 26.3 Å². The number of nitrogens with one attached hydrogen (secondary N) is 1. The average molecular weight is 593 g/mol. The summed E-state index contributed by atoms with van der Waals surface area (Å²) in [4.78, 5) is 27.7. The molecule has 0 bridgehead atoms. The topological polar surface area (TPSA) is 86.8 Å². The Morgan fingerprint density at radius 3 is 2.32 bits per heavy atom. The minimum absolute atomic E-state index is 0.0173. The molecule has 0 spiro atoms. The Labute approximate surface area is 219 Å². The number of rotatable bonds is 10. The van der Waals surface area contributed by atoms with Crippen LogP contribution in [-0.4, -0.2) is 50.5 Å². The summed E-state index contributed by atoms with van der Waals surface area (Å²) >= 11 is 15.7. The van der Waals surface area contributed by atoms with Crippen LogP contribution in [0.5, 0.6) is 0 Å². The van der Waals surface area contributed by atoms with E-state index in [0.29, 0.717) is 6.54 Å². The first-order chi connectivity index (χ1) is 15.8. The van der Waals surface area contributed by atoms with Crippen molar-refractivity contribution in [2.45, 2.75) is 33.4 Å². The second-order valence-corrected chi connectivity index (χ2v) is 11.9. The van der Waals surface area contributed by atoms with Gasteiger partial charge in [0.15, 0.2) is 0 Å². The smallest absolute Gasteiger partial charge is 0.244 e. The molecule has 0 fully saturated rings. The second-order valence-electron chi connectivity index (χ2n) is 8.31. The number of nitrogens with zero attached hydrogens (tertiary/aromatic N) is 2. The van der Waals surface area contributed by atoms with Gasteiger partial charge in [-0.3, -0.25) is 13.9 Å². The fourth-order valence-corrected chi connectivity index (χ4v) is 4.90. The van der Waals surface area contributed by atoms with E-state index in [9.17, 15) is 18.0 Å². The highest BCUT2D eigenvalue weighted by atomic mass is 79.9. The SMILES string of the molecule is CC(C)CNC(=O)[C@H](C)N(Cc1cccc(Br)c1)C(=O)CN(c1cccc(Cl)c1Cl)S(C)(=O)=O. The highest BCUT2D eigenvalue weighted by Crippen LogP contribution is 2.33. The van der Waals surface area contributed by atoms with Crippen molar-refractivity contribution < 1.29 is 18.0 Å². The third-order valence-corrected chi connectivity index (χ3v) is 7.40. The van der Waals surface area contributed by atoms with E-state index in [4.69, 9.17) is 23.2 Å². The molecule has 2 aromatic rings. The molecule has 0 saturated carbocycles. The lowest BCUT2D eigenvalue weighted by atomic mass is 10.1. The summed E-state index contributed by atoms with van der Waals surface area (Å²) in [6.45, 7) is 5.56. The Balaban J connectivity index is 2.41. The van der Waals surface area contributed by atoms with Gasteiger partial charge in [-0.1, -0.05) is 71.2 Å². The van der Waals surface area contributed by atoms with E-state index in [0.717, 1.165) is 20.6 Å². The molecule has 0 radical (unpaired) electrons. The predicted molar refractivity (Wildman–Crippen MR) is 141 cm³/mol. The van der Waals surface area contributed by atoms with Gasteiger partial charge >= 0.3 is 0 Å². The Morgan fingerprint density at radius 1 is 1.09 bits per heavy atom. The summed E-state index contributed by atoms with van der Waals surface area (Å²) in [6, 6.07) is 11.0. The molecule has 0 aliphatic rings. The highest BCUT2D eigenvalue weighted by Gasteiger charge is 2.31. The predicted octanol–water partition coefficient (Wildman–Crippen LogP) is 4.71. The molecular weight excluding hydrogens is 565 g/mol. The van der Waals surface area contributed by atoms with E-state index in [1.807, 2.05) is 38.1 Å². The standard InChI is InChI=1S/C23H28BrCl2N3O4S/c1-15(2)12-27-23(31)16(3)28(13-17-7-5-8-18(24)11-17)21(30)14-29(34(4,32)33)20-10-6-9-19(25)22(20)26/h5-11,15-16H,12-14H2,1-4H3,(H,27,31)/t16-/m0/s1. The molecule has 11 heteroatoms. The molecule has 186 valence electrons. The molecule has 0 aromatic heterocycles. The van der Waals surface area contributed by atoms with Gasteiger partial charge in [0.1, 0.15) is 12.6 Å². The molecule has 0 aliphatic heterocycles. The number of benzene rings is 2. The fraction of sp³-hybridized carbons (Fsp3) is 0.391. The van der Waals surface area contributed by atoms with Crippen LogP contribution in [0.25, 0.3) is 0 Å². The van der Waals surface area contributed by atoms with Gasteiger partial charge in [0.2, 0.25) is 21.8 Å². The lowest BCUT2D eigenvalue weighted by Gasteiger charge is -2.32. The number of carbonyl (C=O) groups excluding carboxylic acids is 2. The number of anilines is 1. The molecule has 34 heavy (non-hydrogen) atoms. The van der Waals surface area contributed by atoms with Crippen LogP contribution in [-0.2, 0) is 26.2 Å². The van der Waals surface area contributed by atoms with Gasteiger partial charge < -0.3 is 10.2 Å². The van der Waals surface area contributed by atoms with Gasteiger partial charge in [-0.2, -0.15) is 0 Å².